The summed E-state index contributed by atoms with van der Waals surface area (Å²) in [6.07, 6.45) is 1.77. The van der Waals surface area contributed by atoms with Gasteiger partial charge >= 0.3 is 0 Å². The van der Waals surface area contributed by atoms with Crippen LogP contribution in [0.15, 0.2) is 41.2 Å². The van der Waals surface area contributed by atoms with E-state index in [0.29, 0.717) is 17.8 Å². The first-order chi connectivity index (χ1) is 10.6. The molecule has 6 heteroatoms. The number of unbranched alkanes of at least 4 members (excludes halogenated alkanes) is 1. The van der Waals surface area contributed by atoms with E-state index in [1.54, 1.807) is 24.3 Å². The second-order valence-electron chi connectivity index (χ2n) is 4.78. The molecule has 1 aromatic heterocycles. The van der Waals surface area contributed by atoms with Gasteiger partial charge in [-0.15, -0.1) is 0 Å². The first-order valence-electron chi connectivity index (χ1n) is 7.03. The fourth-order valence-corrected chi connectivity index (χ4v) is 1.86. The molecule has 0 bridgehead atoms. The van der Waals surface area contributed by atoms with Gasteiger partial charge < -0.3 is 5.32 Å². The number of carbonyl (C=O) groups excluding carboxylic acids is 1. The monoisotopic (exact) mass is 296 g/mol. The maximum absolute atomic E-state index is 12.2. The smallest absolute Gasteiger partial charge is 0.276 e. The van der Waals surface area contributed by atoms with Gasteiger partial charge in [-0.1, -0.05) is 13.3 Å². The van der Waals surface area contributed by atoms with Crippen LogP contribution in [0.4, 0.5) is 5.69 Å². The van der Waals surface area contributed by atoms with Crippen LogP contribution in [-0.4, -0.2) is 15.7 Å². The molecule has 2 rings (SSSR count). The highest BCUT2D eigenvalue weighted by Gasteiger charge is 2.10. The molecule has 0 saturated heterocycles. The summed E-state index contributed by atoms with van der Waals surface area (Å²) in [5.41, 5.74) is 1.05. The first-order valence-corrected chi connectivity index (χ1v) is 7.03. The normalized spacial score (nSPS) is 10.0. The van der Waals surface area contributed by atoms with Crippen LogP contribution in [0.2, 0.25) is 0 Å². The van der Waals surface area contributed by atoms with E-state index in [2.05, 4.69) is 10.4 Å². The Bertz CT molecular complexity index is 757. The van der Waals surface area contributed by atoms with Gasteiger partial charge in [0.1, 0.15) is 5.69 Å². The highest BCUT2D eigenvalue weighted by Crippen LogP contribution is 2.09. The van der Waals surface area contributed by atoms with Crippen molar-refractivity contribution in [3.05, 3.63) is 58.0 Å². The van der Waals surface area contributed by atoms with Crippen molar-refractivity contribution in [3.63, 3.8) is 0 Å². The lowest BCUT2D eigenvalue weighted by Gasteiger charge is -2.07. The van der Waals surface area contributed by atoms with Crippen LogP contribution in [0, 0.1) is 11.3 Å². The molecule has 1 aromatic carbocycles. The largest absolute Gasteiger partial charge is 0.321 e. The third kappa shape index (κ3) is 3.79. The van der Waals surface area contributed by atoms with Crippen LogP contribution in [0.1, 0.15) is 35.8 Å². The zero-order chi connectivity index (χ0) is 15.9. The van der Waals surface area contributed by atoms with Gasteiger partial charge in [-0.2, -0.15) is 10.4 Å². The van der Waals surface area contributed by atoms with E-state index >= 15 is 0 Å². The molecule has 1 heterocycles. The van der Waals surface area contributed by atoms with Gasteiger partial charge in [0.2, 0.25) is 0 Å². The second kappa shape index (κ2) is 7.18. The van der Waals surface area contributed by atoms with E-state index in [0.717, 1.165) is 12.8 Å². The van der Waals surface area contributed by atoms with Crippen molar-refractivity contribution in [2.75, 3.05) is 5.32 Å². The molecule has 1 amide bonds. The first kappa shape index (κ1) is 15.4. The van der Waals surface area contributed by atoms with E-state index in [1.165, 1.54) is 16.8 Å². The Morgan fingerprint density at radius 2 is 2.00 bits per heavy atom. The number of aromatic nitrogens is 2. The SMILES string of the molecule is CCCCn1nc(C(=O)Nc2ccc(C#N)cc2)ccc1=O. The number of benzene rings is 1. The molecule has 0 spiro atoms. The summed E-state index contributed by atoms with van der Waals surface area (Å²) >= 11 is 0. The predicted octanol–water partition coefficient (Wildman–Crippen LogP) is 2.17. The van der Waals surface area contributed by atoms with Crippen molar-refractivity contribution in [1.82, 2.24) is 9.78 Å². The molecule has 22 heavy (non-hydrogen) atoms. The van der Waals surface area contributed by atoms with E-state index in [1.807, 2.05) is 13.0 Å². The molecular weight excluding hydrogens is 280 g/mol. The molecule has 6 nitrogen and oxygen atoms in total. The second-order valence-corrected chi connectivity index (χ2v) is 4.78. The van der Waals surface area contributed by atoms with Gasteiger partial charge in [-0.3, -0.25) is 9.59 Å². The average molecular weight is 296 g/mol. The molecule has 0 fully saturated rings. The van der Waals surface area contributed by atoms with Crippen molar-refractivity contribution in [3.8, 4) is 6.07 Å². The van der Waals surface area contributed by atoms with Crippen LogP contribution in [0.25, 0.3) is 0 Å². The molecule has 112 valence electrons. The van der Waals surface area contributed by atoms with Crippen LogP contribution in [0.3, 0.4) is 0 Å². The molecular formula is C16H16N4O2. The van der Waals surface area contributed by atoms with Crippen LogP contribution in [-0.2, 0) is 6.54 Å². The predicted molar refractivity (Wildman–Crippen MR) is 82.5 cm³/mol. The number of nitrogens with zero attached hydrogens (tertiary/aromatic N) is 3. The van der Waals surface area contributed by atoms with E-state index in [9.17, 15) is 9.59 Å². The van der Waals surface area contributed by atoms with Gasteiger partial charge in [-0.05, 0) is 36.8 Å². The Morgan fingerprint density at radius 3 is 2.64 bits per heavy atom. The van der Waals surface area contributed by atoms with Gasteiger partial charge in [-0.25, -0.2) is 4.68 Å². The van der Waals surface area contributed by atoms with Crippen molar-refractivity contribution < 1.29 is 4.79 Å². The number of anilines is 1. The van der Waals surface area contributed by atoms with Crippen molar-refractivity contribution in [2.45, 2.75) is 26.3 Å². The van der Waals surface area contributed by atoms with E-state index in [4.69, 9.17) is 5.26 Å². The third-order valence-corrected chi connectivity index (χ3v) is 3.09. The maximum atomic E-state index is 12.2. The van der Waals surface area contributed by atoms with Gasteiger partial charge in [0.15, 0.2) is 0 Å². The molecule has 2 aromatic rings. The van der Waals surface area contributed by atoms with Gasteiger partial charge in [0.25, 0.3) is 11.5 Å². The topological polar surface area (TPSA) is 87.8 Å². The Balaban J connectivity index is 2.15. The summed E-state index contributed by atoms with van der Waals surface area (Å²) < 4.78 is 1.30. The lowest BCUT2D eigenvalue weighted by molar-refractivity contribution is 0.101. The van der Waals surface area contributed by atoms with Crippen LogP contribution >= 0.6 is 0 Å². The number of hydrogen-bond acceptors (Lipinski definition) is 4. The maximum Gasteiger partial charge on any atom is 0.276 e. The summed E-state index contributed by atoms with van der Waals surface area (Å²) in [6.45, 7) is 2.51. The minimum absolute atomic E-state index is 0.181. The summed E-state index contributed by atoms with van der Waals surface area (Å²) in [4.78, 5) is 23.8. The molecule has 0 atom stereocenters. The third-order valence-electron chi connectivity index (χ3n) is 3.09. The van der Waals surface area contributed by atoms with Crippen LogP contribution < -0.4 is 10.9 Å². The van der Waals surface area contributed by atoms with Crippen molar-refractivity contribution in [2.24, 2.45) is 0 Å². The zero-order valence-corrected chi connectivity index (χ0v) is 12.2. The average Bonchev–Trinajstić information content (AvgIpc) is 2.54. The number of hydrogen-bond donors (Lipinski definition) is 1. The van der Waals surface area contributed by atoms with E-state index in [-0.39, 0.29) is 11.3 Å². The Hall–Kier alpha value is -2.94. The Labute approximate surface area is 128 Å². The fourth-order valence-electron chi connectivity index (χ4n) is 1.86. The number of rotatable bonds is 5. The molecule has 0 saturated carbocycles. The number of nitriles is 1. The summed E-state index contributed by atoms with van der Waals surface area (Å²) in [5, 5.41) is 15.5. The Kier molecular flexibility index (Phi) is 5.04. The van der Waals surface area contributed by atoms with Gasteiger partial charge in [0.05, 0.1) is 11.6 Å². The summed E-state index contributed by atoms with van der Waals surface area (Å²) in [6, 6.07) is 11.3. The molecule has 0 aliphatic carbocycles. The minimum Gasteiger partial charge on any atom is -0.321 e. The van der Waals surface area contributed by atoms with E-state index < -0.39 is 5.91 Å². The number of carbonyl (C=O) groups is 1. The highest BCUT2D eigenvalue weighted by molar-refractivity contribution is 6.02. The molecule has 0 radical (unpaired) electrons. The number of nitrogens with one attached hydrogen (secondary N) is 1. The summed E-state index contributed by atoms with van der Waals surface area (Å²) in [5.74, 6) is -0.394. The summed E-state index contributed by atoms with van der Waals surface area (Å²) in [7, 11) is 0. The standard InChI is InChI=1S/C16H16N4O2/c1-2-3-10-20-15(21)9-8-14(19-20)16(22)18-13-6-4-12(11-17)5-7-13/h4-9H,2-3,10H2,1H3,(H,18,22). The van der Waals surface area contributed by atoms with Crippen molar-refractivity contribution in [1.29, 1.82) is 5.26 Å². The zero-order valence-electron chi connectivity index (χ0n) is 12.2. The van der Waals surface area contributed by atoms with Crippen molar-refractivity contribution >= 4 is 11.6 Å². The lowest BCUT2D eigenvalue weighted by atomic mass is 10.2. The lowest BCUT2D eigenvalue weighted by Crippen LogP contribution is -2.26. The molecule has 1 N–H and O–H groups in total. The minimum atomic E-state index is -0.394. The quantitative estimate of drug-likeness (QED) is 0.915. The molecule has 0 aliphatic rings. The Morgan fingerprint density at radius 1 is 1.27 bits per heavy atom. The number of amides is 1. The van der Waals surface area contributed by atoms with Crippen LogP contribution in [0.5, 0.6) is 0 Å². The molecule has 0 unspecified atom stereocenters. The fraction of sp³-hybridized carbons (Fsp3) is 0.250. The van der Waals surface area contributed by atoms with Gasteiger partial charge in [0, 0.05) is 18.3 Å². The number of aryl methyl sites for hydroxylation is 1. The molecule has 0 aliphatic heterocycles. The highest BCUT2D eigenvalue weighted by atomic mass is 16.2.